The third-order valence-electron chi connectivity index (χ3n) is 3.57. The molecule has 0 aliphatic heterocycles. The van der Waals surface area contributed by atoms with Crippen LogP contribution in [0.3, 0.4) is 0 Å². The molecule has 1 aromatic heterocycles. The normalized spacial score (nSPS) is 25.5. The van der Waals surface area contributed by atoms with Crippen molar-refractivity contribution >= 4 is 11.3 Å². The fourth-order valence-electron chi connectivity index (χ4n) is 2.73. The molecular formula is C12H21N3S. The Hall–Kier alpha value is -0.450. The Labute approximate surface area is 102 Å². The van der Waals surface area contributed by atoms with Crippen molar-refractivity contribution in [2.75, 3.05) is 13.6 Å². The van der Waals surface area contributed by atoms with Gasteiger partial charge in [0, 0.05) is 18.0 Å². The minimum absolute atomic E-state index is 0.659. The smallest absolute Gasteiger partial charge is 0.0897 e. The van der Waals surface area contributed by atoms with Gasteiger partial charge in [0.15, 0.2) is 0 Å². The van der Waals surface area contributed by atoms with E-state index >= 15 is 0 Å². The summed E-state index contributed by atoms with van der Waals surface area (Å²) in [6.07, 6.45) is 3.91. The maximum absolute atomic E-state index is 5.82. The summed E-state index contributed by atoms with van der Waals surface area (Å²) < 4.78 is 0. The first-order valence-electron chi connectivity index (χ1n) is 6.02. The molecule has 16 heavy (non-hydrogen) atoms. The van der Waals surface area contributed by atoms with Crippen molar-refractivity contribution in [1.29, 1.82) is 0 Å². The molecule has 0 amide bonds. The van der Waals surface area contributed by atoms with Gasteiger partial charge < -0.3 is 5.73 Å². The molecule has 0 bridgehead atoms. The summed E-state index contributed by atoms with van der Waals surface area (Å²) in [4.78, 5) is 6.95. The number of aryl methyl sites for hydroxylation is 1. The van der Waals surface area contributed by atoms with Crippen molar-refractivity contribution in [3.8, 4) is 0 Å². The second-order valence-corrected chi connectivity index (χ2v) is 5.83. The van der Waals surface area contributed by atoms with Crippen molar-refractivity contribution in [1.82, 2.24) is 9.88 Å². The van der Waals surface area contributed by atoms with Gasteiger partial charge >= 0.3 is 0 Å². The van der Waals surface area contributed by atoms with E-state index in [9.17, 15) is 0 Å². The predicted molar refractivity (Wildman–Crippen MR) is 68.5 cm³/mol. The van der Waals surface area contributed by atoms with Gasteiger partial charge in [-0.2, -0.15) is 0 Å². The highest BCUT2D eigenvalue weighted by molar-refractivity contribution is 7.09. The van der Waals surface area contributed by atoms with E-state index in [4.69, 9.17) is 5.73 Å². The number of nitrogens with two attached hydrogens (primary N) is 1. The molecule has 1 fully saturated rings. The molecule has 0 radical (unpaired) electrons. The zero-order valence-corrected chi connectivity index (χ0v) is 11.0. The molecule has 3 nitrogen and oxygen atoms in total. The highest BCUT2D eigenvalue weighted by atomic mass is 32.1. The summed E-state index contributed by atoms with van der Waals surface area (Å²) in [5.41, 5.74) is 7.02. The summed E-state index contributed by atoms with van der Waals surface area (Å²) in [6.45, 7) is 3.85. The number of thiazole rings is 1. The van der Waals surface area contributed by atoms with E-state index in [0.717, 1.165) is 18.1 Å². The van der Waals surface area contributed by atoms with Crippen LogP contribution in [0.2, 0.25) is 0 Å². The van der Waals surface area contributed by atoms with Crippen molar-refractivity contribution < 1.29 is 0 Å². The van der Waals surface area contributed by atoms with Crippen molar-refractivity contribution in [3.63, 3.8) is 0 Å². The molecule has 2 atom stereocenters. The maximum atomic E-state index is 5.82. The summed E-state index contributed by atoms with van der Waals surface area (Å²) in [5, 5.41) is 3.32. The predicted octanol–water partition coefficient (Wildman–Crippen LogP) is 2.01. The Balaban J connectivity index is 1.94. The van der Waals surface area contributed by atoms with Crippen molar-refractivity contribution in [2.24, 2.45) is 11.7 Å². The topological polar surface area (TPSA) is 42.2 Å². The van der Waals surface area contributed by atoms with E-state index in [1.165, 1.54) is 25.0 Å². The Morgan fingerprint density at radius 3 is 3.00 bits per heavy atom. The second-order valence-electron chi connectivity index (χ2n) is 4.77. The van der Waals surface area contributed by atoms with E-state index in [2.05, 4.69) is 29.2 Å². The summed E-state index contributed by atoms with van der Waals surface area (Å²) in [7, 11) is 2.20. The minimum Gasteiger partial charge on any atom is -0.330 e. The molecule has 90 valence electrons. The summed E-state index contributed by atoms with van der Waals surface area (Å²) in [6, 6.07) is 0.659. The van der Waals surface area contributed by atoms with Gasteiger partial charge in [-0.05, 0) is 39.3 Å². The molecule has 0 spiro atoms. The Morgan fingerprint density at radius 1 is 1.56 bits per heavy atom. The SMILES string of the molecule is Cc1nc(CN(C)C2CCCC2CN)cs1. The van der Waals surface area contributed by atoms with Crippen molar-refractivity contribution in [3.05, 3.63) is 16.1 Å². The average molecular weight is 239 g/mol. The third kappa shape index (κ3) is 2.62. The molecule has 0 saturated heterocycles. The number of aromatic nitrogens is 1. The Morgan fingerprint density at radius 2 is 2.38 bits per heavy atom. The zero-order chi connectivity index (χ0) is 11.5. The minimum atomic E-state index is 0.659. The van der Waals surface area contributed by atoms with E-state index in [1.807, 2.05) is 0 Å². The first-order chi connectivity index (χ1) is 7.70. The average Bonchev–Trinajstić information content (AvgIpc) is 2.86. The molecular weight excluding hydrogens is 218 g/mol. The van der Waals surface area contributed by atoms with E-state index < -0.39 is 0 Å². The van der Waals surface area contributed by atoms with E-state index in [-0.39, 0.29) is 0 Å². The van der Waals surface area contributed by atoms with Crippen LogP contribution in [-0.4, -0.2) is 29.5 Å². The molecule has 1 heterocycles. The van der Waals surface area contributed by atoms with Crippen LogP contribution in [0.4, 0.5) is 0 Å². The molecule has 1 saturated carbocycles. The highest BCUT2D eigenvalue weighted by Crippen LogP contribution is 2.29. The molecule has 0 aromatic carbocycles. The van der Waals surface area contributed by atoms with Crippen LogP contribution in [0, 0.1) is 12.8 Å². The lowest BCUT2D eigenvalue weighted by molar-refractivity contribution is 0.191. The zero-order valence-electron chi connectivity index (χ0n) is 10.1. The van der Waals surface area contributed by atoms with E-state index in [1.54, 1.807) is 11.3 Å². The van der Waals surface area contributed by atoms with Crippen molar-refractivity contribution in [2.45, 2.75) is 38.8 Å². The van der Waals surface area contributed by atoms with Crippen LogP contribution >= 0.6 is 11.3 Å². The highest BCUT2D eigenvalue weighted by Gasteiger charge is 2.29. The van der Waals surface area contributed by atoms with Gasteiger partial charge in [-0.1, -0.05) is 6.42 Å². The standard InChI is InChI=1S/C12H21N3S/c1-9-14-11(8-16-9)7-15(2)12-5-3-4-10(12)6-13/h8,10,12H,3-7,13H2,1-2H3. The van der Waals surface area contributed by atoms with Gasteiger partial charge in [0.25, 0.3) is 0 Å². The number of hydrogen-bond acceptors (Lipinski definition) is 4. The second kappa shape index (κ2) is 5.25. The largest absolute Gasteiger partial charge is 0.330 e. The first kappa shape index (κ1) is 12.0. The fourth-order valence-corrected chi connectivity index (χ4v) is 3.33. The molecule has 4 heteroatoms. The molecule has 1 aliphatic carbocycles. The molecule has 2 N–H and O–H groups in total. The van der Waals surface area contributed by atoms with Crippen LogP contribution in [0.5, 0.6) is 0 Å². The third-order valence-corrected chi connectivity index (χ3v) is 4.39. The first-order valence-corrected chi connectivity index (χ1v) is 6.90. The van der Waals surface area contributed by atoms with Gasteiger partial charge in [-0.25, -0.2) is 4.98 Å². The quantitative estimate of drug-likeness (QED) is 0.874. The van der Waals surface area contributed by atoms with Crippen LogP contribution in [0.25, 0.3) is 0 Å². The Kier molecular flexibility index (Phi) is 3.95. The molecule has 1 aliphatic rings. The van der Waals surface area contributed by atoms with Gasteiger partial charge in [0.2, 0.25) is 0 Å². The fraction of sp³-hybridized carbons (Fsp3) is 0.750. The van der Waals surface area contributed by atoms with Crippen LogP contribution in [-0.2, 0) is 6.54 Å². The summed E-state index contributed by atoms with van der Waals surface area (Å²) >= 11 is 1.73. The summed E-state index contributed by atoms with van der Waals surface area (Å²) in [5.74, 6) is 0.685. The van der Waals surface area contributed by atoms with Gasteiger partial charge in [-0.3, -0.25) is 4.90 Å². The lowest BCUT2D eigenvalue weighted by Crippen LogP contribution is -2.37. The number of rotatable bonds is 4. The number of hydrogen-bond donors (Lipinski definition) is 1. The lowest BCUT2D eigenvalue weighted by Gasteiger charge is -2.28. The number of nitrogens with zero attached hydrogens (tertiary/aromatic N) is 2. The molecule has 2 unspecified atom stereocenters. The molecule has 2 rings (SSSR count). The van der Waals surface area contributed by atoms with Gasteiger partial charge in [-0.15, -0.1) is 11.3 Å². The Bertz CT molecular complexity index is 337. The van der Waals surface area contributed by atoms with Crippen LogP contribution < -0.4 is 5.73 Å². The maximum Gasteiger partial charge on any atom is 0.0897 e. The van der Waals surface area contributed by atoms with Gasteiger partial charge in [0.1, 0.15) is 0 Å². The van der Waals surface area contributed by atoms with Crippen LogP contribution in [0.15, 0.2) is 5.38 Å². The van der Waals surface area contributed by atoms with E-state index in [0.29, 0.717) is 12.0 Å². The molecule has 1 aromatic rings. The van der Waals surface area contributed by atoms with Crippen LogP contribution in [0.1, 0.15) is 30.0 Å². The van der Waals surface area contributed by atoms with Gasteiger partial charge in [0.05, 0.1) is 10.7 Å². The monoisotopic (exact) mass is 239 g/mol. The lowest BCUT2D eigenvalue weighted by atomic mass is 10.0.